The number of rotatable bonds is 2. The van der Waals surface area contributed by atoms with E-state index in [1.807, 2.05) is 19.9 Å². The van der Waals surface area contributed by atoms with E-state index in [4.69, 9.17) is 0 Å². The maximum atomic E-state index is 10.4. The smallest absolute Gasteiger partial charge is 0.244 e. The van der Waals surface area contributed by atoms with Gasteiger partial charge in [0.25, 0.3) is 0 Å². The molecule has 0 aromatic carbocycles. The van der Waals surface area contributed by atoms with E-state index >= 15 is 0 Å². The van der Waals surface area contributed by atoms with Crippen molar-refractivity contribution >= 4 is 17.7 Å². The van der Waals surface area contributed by atoms with Crippen LogP contribution >= 0.6 is 12.6 Å². The third kappa shape index (κ3) is 4.15. The predicted octanol–water partition coefficient (Wildman–Crippen LogP) is 2.31. The summed E-state index contributed by atoms with van der Waals surface area (Å²) in [4.78, 5) is 10.4. The maximum absolute atomic E-state index is 10.4. The molecule has 0 spiro atoms. The Morgan fingerprint density at radius 2 is 2.00 bits per heavy atom. The topological polar surface area (TPSA) is 17.1 Å². The predicted molar refractivity (Wildman–Crippen MR) is 41.2 cm³/mol. The van der Waals surface area contributed by atoms with Gasteiger partial charge in [-0.15, -0.1) is 0 Å². The highest BCUT2D eigenvalue weighted by Crippen LogP contribution is 2.03. The summed E-state index contributed by atoms with van der Waals surface area (Å²) >= 11 is 4.41. The van der Waals surface area contributed by atoms with E-state index < -0.39 is 0 Å². The summed E-state index contributed by atoms with van der Waals surface area (Å²) in [6.07, 6.45) is 1.87. The normalized spacial score (nSPS) is 12.2. The van der Waals surface area contributed by atoms with Crippen molar-refractivity contribution in [3.63, 3.8) is 0 Å². The van der Waals surface area contributed by atoms with E-state index in [9.17, 15) is 4.79 Å². The average Bonchev–Trinajstić information content (AvgIpc) is 1.63. The standard InChI is InChI=1S/C7H11OS/c1-5(2)4-6(3)7(8)9/h4-5H,1-3H3/b6-4+. The minimum atomic E-state index is -0.247. The lowest BCUT2D eigenvalue weighted by atomic mass is 10.1. The van der Waals surface area contributed by atoms with E-state index in [2.05, 4.69) is 12.6 Å². The monoisotopic (exact) mass is 143 g/mol. The van der Waals surface area contributed by atoms with Crippen LogP contribution in [0, 0.1) is 5.92 Å². The summed E-state index contributed by atoms with van der Waals surface area (Å²) in [5, 5.41) is -0.247. The zero-order valence-electron chi connectivity index (χ0n) is 5.97. The van der Waals surface area contributed by atoms with Crippen molar-refractivity contribution in [2.75, 3.05) is 0 Å². The fraction of sp³-hybridized carbons (Fsp3) is 0.571. The van der Waals surface area contributed by atoms with Gasteiger partial charge in [0.05, 0.1) is 0 Å². The molecular formula is C7H11OS. The van der Waals surface area contributed by atoms with Crippen molar-refractivity contribution in [1.82, 2.24) is 0 Å². The van der Waals surface area contributed by atoms with Crippen molar-refractivity contribution in [2.45, 2.75) is 20.8 Å². The second-order valence-corrected chi connectivity index (χ2v) is 2.75. The molecule has 0 aliphatic rings. The molecule has 2 heteroatoms. The van der Waals surface area contributed by atoms with Crippen LogP contribution < -0.4 is 0 Å². The van der Waals surface area contributed by atoms with Gasteiger partial charge in [0.15, 0.2) is 0 Å². The molecule has 0 atom stereocenters. The van der Waals surface area contributed by atoms with Crippen LogP contribution in [0.15, 0.2) is 11.6 Å². The van der Waals surface area contributed by atoms with Crippen molar-refractivity contribution in [2.24, 2.45) is 5.92 Å². The minimum Gasteiger partial charge on any atom is -0.277 e. The molecule has 0 saturated heterocycles. The van der Waals surface area contributed by atoms with Crippen molar-refractivity contribution in [1.29, 1.82) is 0 Å². The molecule has 0 fully saturated rings. The van der Waals surface area contributed by atoms with Gasteiger partial charge in [-0.25, -0.2) is 0 Å². The first kappa shape index (κ1) is 8.63. The first-order valence-corrected chi connectivity index (χ1v) is 3.34. The Kier molecular flexibility index (Phi) is 3.47. The first-order valence-electron chi connectivity index (χ1n) is 2.93. The number of hydrogen-bond acceptors (Lipinski definition) is 1. The molecule has 0 N–H and O–H groups in total. The number of allylic oxidation sites excluding steroid dienone is 1. The van der Waals surface area contributed by atoms with Gasteiger partial charge in [-0.05, 0) is 25.5 Å². The van der Waals surface area contributed by atoms with Crippen LogP contribution in [0.5, 0.6) is 0 Å². The Balaban J connectivity index is 4.00. The molecule has 51 valence electrons. The fourth-order valence-corrected chi connectivity index (χ4v) is 0.636. The van der Waals surface area contributed by atoms with Crippen molar-refractivity contribution < 1.29 is 4.79 Å². The minimum absolute atomic E-state index is 0.247. The summed E-state index contributed by atoms with van der Waals surface area (Å²) in [6.45, 7) is 5.78. The number of carbonyl (C=O) groups excluding carboxylic acids is 1. The Morgan fingerprint density at radius 3 is 2.11 bits per heavy atom. The van der Waals surface area contributed by atoms with Crippen LogP contribution in [-0.2, 0) is 4.79 Å². The first-order chi connectivity index (χ1) is 4.04. The van der Waals surface area contributed by atoms with Crippen LogP contribution in [0.2, 0.25) is 0 Å². The summed E-state index contributed by atoms with van der Waals surface area (Å²) in [5.74, 6) is 0.414. The van der Waals surface area contributed by atoms with Crippen molar-refractivity contribution in [3.05, 3.63) is 11.6 Å². The molecule has 0 rings (SSSR count). The lowest BCUT2D eigenvalue weighted by molar-refractivity contribution is -0.107. The summed E-state index contributed by atoms with van der Waals surface area (Å²) in [5.41, 5.74) is 0.681. The number of hydrogen-bond donors (Lipinski definition) is 0. The number of carbonyl (C=O) groups is 1. The Labute approximate surface area is 61.6 Å². The highest BCUT2D eigenvalue weighted by molar-refractivity contribution is 7.97. The van der Waals surface area contributed by atoms with Gasteiger partial charge in [-0.2, -0.15) is 0 Å². The molecule has 0 unspecified atom stereocenters. The largest absolute Gasteiger partial charge is 0.277 e. The van der Waals surface area contributed by atoms with Gasteiger partial charge in [0.1, 0.15) is 0 Å². The Morgan fingerprint density at radius 1 is 1.56 bits per heavy atom. The highest BCUT2D eigenvalue weighted by atomic mass is 32.1. The molecule has 9 heavy (non-hydrogen) atoms. The molecule has 0 heterocycles. The molecule has 0 saturated carbocycles. The molecule has 1 nitrogen and oxygen atoms in total. The van der Waals surface area contributed by atoms with E-state index in [0.29, 0.717) is 11.5 Å². The molecule has 0 aromatic heterocycles. The quantitative estimate of drug-likeness (QED) is 0.542. The van der Waals surface area contributed by atoms with Crippen LogP contribution in [0.3, 0.4) is 0 Å². The zero-order chi connectivity index (χ0) is 7.44. The molecule has 0 aliphatic carbocycles. The second-order valence-electron chi connectivity index (χ2n) is 2.38. The van der Waals surface area contributed by atoms with Gasteiger partial charge in [-0.3, -0.25) is 4.79 Å². The van der Waals surface area contributed by atoms with Crippen LogP contribution in [0.1, 0.15) is 20.8 Å². The van der Waals surface area contributed by atoms with Crippen LogP contribution in [0.4, 0.5) is 0 Å². The Bertz CT molecular complexity index is 136. The Hall–Kier alpha value is -0.370. The van der Waals surface area contributed by atoms with Gasteiger partial charge in [0, 0.05) is 5.57 Å². The van der Waals surface area contributed by atoms with Gasteiger partial charge >= 0.3 is 0 Å². The van der Waals surface area contributed by atoms with E-state index in [-0.39, 0.29) is 5.12 Å². The van der Waals surface area contributed by atoms with Gasteiger partial charge < -0.3 is 0 Å². The molecule has 1 radical (unpaired) electrons. The fourth-order valence-electron chi connectivity index (χ4n) is 0.568. The summed E-state index contributed by atoms with van der Waals surface area (Å²) in [7, 11) is 0. The van der Waals surface area contributed by atoms with E-state index in [1.165, 1.54) is 0 Å². The molecule has 0 aromatic rings. The second kappa shape index (κ2) is 3.62. The van der Waals surface area contributed by atoms with Gasteiger partial charge in [0.2, 0.25) is 5.12 Å². The summed E-state index contributed by atoms with van der Waals surface area (Å²) < 4.78 is 0. The van der Waals surface area contributed by atoms with E-state index in [0.717, 1.165) is 0 Å². The molecule has 0 amide bonds. The lowest BCUT2D eigenvalue weighted by Crippen LogP contribution is -1.90. The lowest BCUT2D eigenvalue weighted by Gasteiger charge is -1.95. The molecule has 0 aliphatic heterocycles. The van der Waals surface area contributed by atoms with Gasteiger partial charge in [-0.1, -0.05) is 19.9 Å². The highest BCUT2D eigenvalue weighted by Gasteiger charge is 1.98. The molecule has 0 bridgehead atoms. The third-order valence-electron chi connectivity index (χ3n) is 0.905. The zero-order valence-corrected chi connectivity index (χ0v) is 6.79. The SMILES string of the molecule is C/C(=C\C(C)C)C(=O)[S]. The average molecular weight is 143 g/mol. The van der Waals surface area contributed by atoms with Crippen molar-refractivity contribution in [3.8, 4) is 0 Å². The third-order valence-corrected chi connectivity index (χ3v) is 1.23. The summed E-state index contributed by atoms with van der Waals surface area (Å²) in [6, 6.07) is 0. The molecular weight excluding hydrogens is 132 g/mol. The maximum Gasteiger partial charge on any atom is 0.244 e. The van der Waals surface area contributed by atoms with Crippen LogP contribution in [0.25, 0.3) is 0 Å². The van der Waals surface area contributed by atoms with E-state index in [1.54, 1.807) is 6.92 Å². The van der Waals surface area contributed by atoms with Crippen LogP contribution in [-0.4, -0.2) is 5.12 Å².